The van der Waals surface area contributed by atoms with Crippen LogP contribution in [0.25, 0.3) is 0 Å². The monoisotopic (exact) mass is 244 g/mol. The van der Waals surface area contributed by atoms with Gasteiger partial charge >= 0.3 is 0 Å². The lowest BCUT2D eigenvalue weighted by Crippen LogP contribution is -2.25. The average Bonchev–Trinajstić information content (AvgIpc) is 2.75. The van der Waals surface area contributed by atoms with Crippen LogP contribution in [-0.4, -0.2) is 17.4 Å². The summed E-state index contributed by atoms with van der Waals surface area (Å²) in [6, 6.07) is 7.53. The van der Waals surface area contributed by atoms with E-state index in [2.05, 4.69) is 10.3 Å². The number of rotatable bonds is 4. The second kappa shape index (κ2) is 5.49. The second-order valence-corrected chi connectivity index (χ2v) is 4.23. The van der Waals surface area contributed by atoms with Gasteiger partial charge in [0, 0.05) is 25.5 Å². The lowest BCUT2D eigenvalue weighted by Gasteiger charge is -2.04. The van der Waals surface area contributed by atoms with Gasteiger partial charge in [0.15, 0.2) is 5.89 Å². The first-order valence-electron chi connectivity index (χ1n) is 5.91. The maximum absolute atomic E-state index is 11.8. The highest BCUT2D eigenvalue weighted by molar-refractivity contribution is 5.94. The average molecular weight is 244 g/mol. The minimum Gasteiger partial charge on any atom is -0.449 e. The highest BCUT2D eigenvalue weighted by Crippen LogP contribution is 2.04. The first-order valence-corrected chi connectivity index (χ1v) is 5.91. The van der Waals surface area contributed by atoms with Crippen molar-refractivity contribution >= 4 is 5.91 Å². The molecule has 0 unspecified atom stereocenters. The van der Waals surface area contributed by atoms with E-state index in [-0.39, 0.29) is 5.91 Å². The third kappa shape index (κ3) is 3.20. The lowest BCUT2D eigenvalue weighted by atomic mass is 10.1. The number of aromatic nitrogens is 1. The van der Waals surface area contributed by atoms with Crippen molar-refractivity contribution in [1.29, 1.82) is 0 Å². The number of nitrogens with zero attached hydrogens (tertiary/aromatic N) is 1. The third-order valence-electron chi connectivity index (χ3n) is 2.61. The van der Waals surface area contributed by atoms with E-state index in [1.807, 2.05) is 31.2 Å². The molecular formula is C14H16N2O2. The molecule has 94 valence electrons. The van der Waals surface area contributed by atoms with Crippen LogP contribution in [0.4, 0.5) is 0 Å². The Kier molecular flexibility index (Phi) is 3.77. The zero-order chi connectivity index (χ0) is 13.0. The summed E-state index contributed by atoms with van der Waals surface area (Å²) in [4.78, 5) is 16.0. The molecule has 4 nitrogen and oxygen atoms in total. The number of carbonyl (C=O) groups is 1. The molecule has 0 saturated carbocycles. The Labute approximate surface area is 106 Å². The van der Waals surface area contributed by atoms with Gasteiger partial charge in [-0.25, -0.2) is 4.98 Å². The van der Waals surface area contributed by atoms with Gasteiger partial charge in [0.2, 0.25) is 0 Å². The van der Waals surface area contributed by atoms with Gasteiger partial charge in [-0.1, -0.05) is 17.7 Å². The van der Waals surface area contributed by atoms with Crippen molar-refractivity contribution < 1.29 is 9.21 Å². The van der Waals surface area contributed by atoms with Gasteiger partial charge in [0.05, 0.1) is 5.69 Å². The fourth-order valence-electron chi connectivity index (χ4n) is 1.72. The molecule has 2 aromatic rings. The number of hydrogen-bond acceptors (Lipinski definition) is 3. The molecule has 1 N–H and O–H groups in total. The summed E-state index contributed by atoms with van der Waals surface area (Å²) < 4.78 is 5.10. The van der Waals surface area contributed by atoms with Crippen molar-refractivity contribution in [3.63, 3.8) is 0 Å². The first kappa shape index (κ1) is 12.4. The molecular weight excluding hydrogens is 228 g/mol. The van der Waals surface area contributed by atoms with Gasteiger partial charge in [-0.15, -0.1) is 0 Å². The summed E-state index contributed by atoms with van der Waals surface area (Å²) in [6.45, 7) is 4.32. The molecule has 0 radical (unpaired) electrons. The summed E-state index contributed by atoms with van der Waals surface area (Å²) in [5.41, 5.74) is 2.62. The van der Waals surface area contributed by atoms with Crippen molar-refractivity contribution in [2.24, 2.45) is 0 Å². The van der Waals surface area contributed by atoms with Gasteiger partial charge in [-0.2, -0.15) is 0 Å². The number of oxazole rings is 1. The molecule has 0 fully saturated rings. The zero-order valence-electron chi connectivity index (χ0n) is 10.6. The Morgan fingerprint density at radius 3 is 2.89 bits per heavy atom. The summed E-state index contributed by atoms with van der Waals surface area (Å²) in [6.07, 6.45) is 2.29. The standard InChI is InChI=1S/C14H16N2O2/c1-10-4-3-5-12(8-10)14(17)15-7-6-13-9-18-11(2)16-13/h3-5,8-9H,6-7H2,1-2H3,(H,15,17). The quantitative estimate of drug-likeness (QED) is 0.897. The SMILES string of the molecule is Cc1cccc(C(=O)NCCc2coc(C)n2)c1. The Hall–Kier alpha value is -2.10. The molecule has 0 atom stereocenters. The van der Waals surface area contributed by atoms with Gasteiger partial charge in [-0.3, -0.25) is 4.79 Å². The van der Waals surface area contributed by atoms with E-state index in [4.69, 9.17) is 4.42 Å². The Balaban J connectivity index is 1.85. The van der Waals surface area contributed by atoms with E-state index in [0.717, 1.165) is 11.3 Å². The van der Waals surface area contributed by atoms with Crippen molar-refractivity contribution in [2.75, 3.05) is 6.54 Å². The van der Waals surface area contributed by atoms with Gasteiger partial charge in [0.1, 0.15) is 6.26 Å². The fourth-order valence-corrected chi connectivity index (χ4v) is 1.72. The normalized spacial score (nSPS) is 10.3. The predicted molar refractivity (Wildman–Crippen MR) is 68.5 cm³/mol. The highest BCUT2D eigenvalue weighted by atomic mass is 16.3. The molecule has 4 heteroatoms. The van der Waals surface area contributed by atoms with Gasteiger partial charge in [0.25, 0.3) is 5.91 Å². The molecule has 0 aliphatic rings. The van der Waals surface area contributed by atoms with Crippen molar-refractivity contribution in [3.8, 4) is 0 Å². The minimum absolute atomic E-state index is 0.0566. The fraction of sp³-hybridized carbons (Fsp3) is 0.286. The molecule has 1 amide bonds. The Morgan fingerprint density at radius 2 is 2.22 bits per heavy atom. The minimum atomic E-state index is -0.0566. The smallest absolute Gasteiger partial charge is 0.251 e. The van der Waals surface area contributed by atoms with Crippen molar-refractivity contribution in [3.05, 3.63) is 53.2 Å². The molecule has 18 heavy (non-hydrogen) atoms. The third-order valence-corrected chi connectivity index (χ3v) is 2.61. The van der Waals surface area contributed by atoms with Crippen LogP contribution in [0.2, 0.25) is 0 Å². The zero-order valence-corrected chi connectivity index (χ0v) is 10.6. The summed E-state index contributed by atoms with van der Waals surface area (Å²) in [7, 11) is 0. The van der Waals surface area contributed by atoms with Crippen LogP contribution < -0.4 is 5.32 Å². The van der Waals surface area contributed by atoms with E-state index < -0.39 is 0 Å². The molecule has 0 saturated heterocycles. The topological polar surface area (TPSA) is 55.1 Å². The molecule has 1 aromatic carbocycles. The van der Waals surface area contributed by atoms with Crippen LogP contribution in [0.15, 0.2) is 34.9 Å². The number of carbonyl (C=O) groups excluding carboxylic acids is 1. The Morgan fingerprint density at radius 1 is 1.39 bits per heavy atom. The van der Waals surface area contributed by atoms with Crippen LogP contribution in [0.3, 0.4) is 0 Å². The van der Waals surface area contributed by atoms with Crippen LogP contribution >= 0.6 is 0 Å². The highest BCUT2D eigenvalue weighted by Gasteiger charge is 2.05. The molecule has 0 spiro atoms. The molecule has 0 aliphatic carbocycles. The number of benzene rings is 1. The maximum atomic E-state index is 11.8. The van der Waals surface area contributed by atoms with Crippen LogP contribution in [0.1, 0.15) is 27.5 Å². The first-order chi connectivity index (χ1) is 8.65. The number of aryl methyl sites for hydroxylation is 2. The van der Waals surface area contributed by atoms with Crippen molar-refractivity contribution in [1.82, 2.24) is 10.3 Å². The van der Waals surface area contributed by atoms with E-state index in [1.54, 1.807) is 13.2 Å². The molecule has 0 bridgehead atoms. The maximum Gasteiger partial charge on any atom is 0.251 e. The summed E-state index contributed by atoms with van der Waals surface area (Å²) in [5.74, 6) is 0.592. The summed E-state index contributed by atoms with van der Waals surface area (Å²) in [5, 5.41) is 2.86. The lowest BCUT2D eigenvalue weighted by molar-refractivity contribution is 0.0954. The van der Waals surface area contributed by atoms with Gasteiger partial charge < -0.3 is 9.73 Å². The van der Waals surface area contributed by atoms with Crippen LogP contribution in [-0.2, 0) is 6.42 Å². The number of amides is 1. The second-order valence-electron chi connectivity index (χ2n) is 4.23. The largest absolute Gasteiger partial charge is 0.449 e. The molecule has 0 aliphatic heterocycles. The molecule has 1 heterocycles. The van der Waals surface area contributed by atoms with E-state index in [1.165, 1.54) is 0 Å². The van der Waals surface area contributed by atoms with E-state index in [0.29, 0.717) is 24.4 Å². The number of hydrogen-bond donors (Lipinski definition) is 1. The Bertz CT molecular complexity index is 546. The van der Waals surface area contributed by atoms with Crippen LogP contribution in [0.5, 0.6) is 0 Å². The van der Waals surface area contributed by atoms with E-state index in [9.17, 15) is 4.79 Å². The molecule has 1 aromatic heterocycles. The predicted octanol–water partition coefficient (Wildman–Crippen LogP) is 2.26. The van der Waals surface area contributed by atoms with Crippen LogP contribution in [0, 0.1) is 13.8 Å². The van der Waals surface area contributed by atoms with E-state index >= 15 is 0 Å². The number of nitrogens with one attached hydrogen (secondary N) is 1. The molecule has 2 rings (SSSR count). The summed E-state index contributed by atoms with van der Waals surface area (Å²) >= 11 is 0. The van der Waals surface area contributed by atoms with Crippen molar-refractivity contribution in [2.45, 2.75) is 20.3 Å². The van der Waals surface area contributed by atoms with Gasteiger partial charge in [-0.05, 0) is 19.1 Å².